The van der Waals surface area contributed by atoms with Gasteiger partial charge < -0.3 is 26.5 Å². The Hall–Kier alpha value is -3.62. The van der Waals surface area contributed by atoms with Gasteiger partial charge in [-0.05, 0) is 37.0 Å². The second-order valence-corrected chi connectivity index (χ2v) is 6.51. The number of benzene rings is 1. The summed E-state index contributed by atoms with van der Waals surface area (Å²) in [5.41, 5.74) is 10.8. The fourth-order valence-electron chi connectivity index (χ4n) is 2.78. The van der Waals surface area contributed by atoms with Crippen molar-refractivity contribution in [2.45, 2.75) is 31.8 Å². The third-order valence-corrected chi connectivity index (χ3v) is 4.26. The number of pyridine rings is 1. The van der Waals surface area contributed by atoms with Gasteiger partial charge in [0, 0.05) is 12.7 Å². The summed E-state index contributed by atoms with van der Waals surface area (Å²) in [5.74, 6) is -1.90. The minimum absolute atomic E-state index is 0.0241. The molecule has 2 aromatic rings. The number of carboxylic acids is 1. The van der Waals surface area contributed by atoms with Crippen LogP contribution in [0.5, 0.6) is 0 Å². The number of carboxylic acid groups (broad SMARTS) is 1. The molecule has 2 rings (SSSR count). The molecular formula is C20H25N5O4. The van der Waals surface area contributed by atoms with E-state index in [0.717, 1.165) is 5.56 Å². The first-order chi connectivity index (χ1) is 13.9. The molecule has 0 aliphatic carbocycles. The number of aliphatic imine (C=N–C) groups is 1. The first-order valence-corrected chi connectivity index (χ1v) is 9.21. The predicted octanol–water partition coefficient (Wildman–Crippen LogP) is 0.523. The Morgan fingerprint density at radius 1 is 1.10 bits per heavy atom. The van der Waals surface area contributed by atoms with Crippen LogP contribution in [0.4, 0.5) is 0 Å². The molecule has 1 amide bonds. The van der Waals surface area contributed by atoms with Crippen LogP contribution >= 0.6 is 0 Å². The van der Waals surface area contributed by atoms with Crippen molar-refractivity contribution in [3.8, 4) is 0 Å². The number of rotatable bonds is 10. The number of guanidine groups is 1. The van der Waals surface area contributed by atoms with E-state index in [-0.39, 0.29) is 17.9 Å². The van der Waals surface area contributed by atoms with Gasteiger partial charge in [0.05, 0.1) is 6.54 Å². The van der Waals surface area contributed by atoms with Crippen LogP contribution in [0.1, 0.15) is 35.2 Å². The molecule has 9 nitrogen and oxygen atoms in total. The van der Waals surface area contributed by atoms with Crippen LogP contribution in [0.2, 0.25) is 0 Å². The quantitative estimate of drug-likeness (QED) is 0.260. The van der Waals surface area contributed by atoms with Crippen molar-refractivity contribution in [1.82, 2.24) is 9.88 Å². The normalized spacial score (nSPS) is 11.4. The highest BCUT2D eigenvalue weighted by molar-refractivity contribution is 5.96. The smallest absolute Gasteiger partial charge is 0.326 e. The van der Waals surface area contributed by atoms with Crippen molar-refractivity contribution in [1.29, 1.82) is 0 Å². The van der Waals surface area contributed by atoms with Crippen molar-refractivity contribution in [2.24, 2.45) is 16.5 Å². The highest BCUT2D eigenvalue weighted by Gasteiger charge is 2.22. The summed E-state index contributed by atoms with van der Waals surface area (Å²) in [5, 5.41) is 11.8. The maximum absolute atomic E-state index is 12.6. The van der Waals surface area contributed by atoms with Gasteiger partial charge in [-0.3, -0.25) is 14.6 Å². The van der Waals surface area contributed by atoms with Gasteiger partial charge >= 0.3 is 5.97 Å². The van der Waals surface area contributed by atoms with Crippen LogP contribution in [0.3, 0.4) is 0 Å². The Labute approximate surface area is 168 Å². The lowest BCUT2D eigenvalue weighted by molar-refractivity contribution is -0.139. The zero-order valence-electron chi connectivity index (χ0n) is 16.0. The van der Waals surface area contributed by atoms with Gasteiger partial charge in [0.2, 0.25) is 0 Å². The average molecular weight is 399 g/mol. The highest BCUT2D eigenvalue weighted by Crippen LogP contribution is 2.05. The summed E-state index contributed by atoms with van der Waals surface area (Å²) in [6.07, 6.45) is 2.87. The molecule has 1 unspecified atom stereocenters. The first kappa shape index (κ1) is 21.7. The fraction of sp³-hybridized carbons (Fsp3) is 0.300. The number of hydrogen-bond acceptors (Lipinski definition) is 4. The maximum Gasteiger partial charge on any atom is 0.326 e. The Bertz CT molecular complexity index is 920. The largest absolute Gasteiger partial charge is 0.480 e. The lowest BCUT2D eigenvalue weighted by atomic mass is 10.1. The molecule has 0 saturated carbocycles. The molecule has 6 N–H and O–H groups in total. The van der Waals surface area contributed by atoms with Gasteiger partial charge in [0.1, 0.15) is 11.6 Å². The second-order valence-electron chi connectivity index (χ2n) is 6.51. The molecule has 1 aromatic carbocycles. The number of nitrogens with one attached hydrogen (secondary N) is 1. The van der Waals surface area contributed by atoms with Gasteiger partial charge in [0.15, 0.2) is 5.96 Å². The molecule has 1 aromatic heterocycles. The van der Waals surface area contributed by atoms with Crippen LogP contribution in [0.15, 0.2) is 58.4 Å². The first-order valence-electron chi connectivity index (χ1n) is 9.21. The number of nitrogens with zero attached hydrogens (tertiary/aromatic N) is 2. The van der Waals surface area contributed by atoms with Crippen LogP contribution in [0, 0.1) is 0 Å². The van der Waals surface area contributed by atoms with E-state index in [1.807, 2.05) is 30.3 Å². The molecular weight excluding hydrogens is 374 g/mol. The molecule has 1 atom stereocenters. The van der Waals surface area contributed by atoms with Crippen LogP contribution < -0.4 is 22.3 Å². The van der Waals surface area contributed by atoms with E-state index in [9.17, 15) is 19.5 Å². The molecule has 0 spiro atoms. The summed E-state index contributed by atoms with van der Waals surface area (Å²) in [6, 6.07) is 11.2. The van der Waals surface area contributed by atoms with E-state index in [0.29, 0.717) is 25.9 Å². The number of amides is 1. The van der Waals surface area contributed by atoms with Crippen LogP contribution in [-0.4, -0.2) is 40.1 Å². The molecule has 0 aliphatic rings. The lowest BCUT2D eigenvalue weighted by Crippen LogP contribution is -2.43. The zero-order chi connectivity index (χ0) is 21.2. The van der Waals surface area contributed by atoms with E-state index in [1.165, 1.54) is 10.6 Å². The standard InChI is InChI=1S/C20H25N5O4/c21-20(22)23-11-5-4-10-16(19(28)29)24-17(26)15-9-6-12-25(18(15)27)13-14-7-2-1-3-8-14/h1-3,6-9,12,16H,4-5,10-11,13H2,(H,24,26)(H,28,29)(H4,21,22,23). The average Bonchev–Trinajstić information content (AvgIpc) is 2.68. The van der Waals surface area contributed by atoms with Gasteiger partial charge in [-0.2, -0.15) is 0 Å². The topological polar surface area (TPSA) is 153 Å². The number of hydrogen-bond donors (Lipinski definition) is 4. The molecule has 0 bridgehead atoms. The predicted molar refractivity (Wildman–Crippen MR) is 110 cm³/mol. The molecule has 29 heavy (non-hydrogen) atoms. The number of aromatic nitrogens is 1. The Balaban J connectivity index is 2.04. The Morgan fingerprint density at radius 2 is 1.83 bits per heavy atom. The van der Waals surface area contributed by atoms with E-state index in [2.05, 4.69) is 10.3 Å². The molecule has 1 heterocycles. The fourth-order valence-corrected chi connectivity index (χ4v) is 2.78. The van der Waals surface area contributed by atoms with Crippen LogP contribution in [0.25, 0.3) is 0 Å². The Morgan fingerprint density at radius 3 is 2.48 bits per heavy atom. The highest BCUT2D eigenvalue weighted by atomic mass is 16.4. The van der Waals surface area contributed by atoms with Gasteiger partial charge in [-0.15, -0.1) is 0 Å². The van der Waals surface area contributed by atoms with Crippen molar-refractivity contribution in [3.63, 3.8) is 0 Å². The summed E-state index contributed by atoms with van der Waals surface area (Å²) in [7, 11) is 0. The molecule has 154 valence electrons. The minimum atomic E-state index is -1.17. The molecule has 0 radical (unpaired) electrons. The molecule has 9 heteroatoms. The number of carbonyl (C=O) groups excluding carboxylic acids is 1. The lowest BCUT2D eigenvalue weighted by Gasteiger charge is -2.15. The van der Waals surface area contributed by atoms with Crippen molar-refractivity contribution < 1.29 is 14.7 Å². The van der Waals surface area contributed by atoms with Gasteiger partial charge in [0.25, 0.3) is 11.5 Å². The number of unbranched alkanes of at least 4 members (excludes halogenated alkanes) is 1. The Kier molecular flexibility index (Phi) is 7.96. The van der Waals surface area contributed by atoms with E-state index < -0.39 is 23.5 Å². The SMILES string of the molecule is NC(N)=NCCCCC(NC(=O)c1cccn(Cc2ccccc2)c1=O)C(=O)O. The van der Waals surface area contributed by atoms with Crippen LogP contribution in [-0.2, 0) is 11.3 Å². The summed E-state index contributed by atoms with van der Waals surface area (Å²) in [6.45, 7) is 0.694. The number of aliphatic carboxylic acids is 1. The number of nitrogens with two attached hydrogens (primary N) is 2. The summed E-state index contributed by atoms with van der Waals surface area (Å²) in [4.78, 5) is 40.5. The third kappa shape index (κ3) is 6.80. The van der Waals surface area contributed by atoms with Crippen molar-refractivity contribution in [2.75, 3.05) is 6.54 Å². The molecule has 0 saturated heterocycles. The number of carbonyl (C=O) groups is 2. The summed E-state index contributed by atoms with van der Waals surface area (Å²) >= 11 is 0. The zero-order valence-corrected chi connectivity index (χ0v) is 16.0. The minimum Gasteiger partial charge on any atom is -0.480 e. The van der Waals surface area contributed by atoms with Crippen molar-refractivity contribution in [3.05, 3.63) is 70.1 Å². The second kappa shape index (κ2) is 10.6. The van der Waals surface area contributed by atoms with E-state index in [1.54, 1.807) is 12.3 Å². The summed E-state index contributed by atoms with van der Waals surface area (Å²) < 4.78 is 1.41. The van der Waals surface area contributed by atoms with E-state index in [4.69, 9.17) is 11.5 Å². The monoisotopic (exact) mass is 399 g/mol. The van der Waals surface area contributed by atoms with E-state index >= 15 is 0 Å². The molecule has 0 fully saturated rings. The third-order valence-electron chi connectivity index (χ3n) is 4.26. The van der Waals surface area contributed by atoms with Gasteiger partial charge in [-0.25, -0.2) is 4.79 Å². The molecule has 0 aliphatic heterocycles. The van der Waals surface area contributed by atoms with Crippen molar-refractivity contribution >= 4 is 17.8 Å². The van der Waals surface area contributed by atoms with Gasteiger partial charge in [-0.1, -0.05) is 30.3 Å². The maximum atomic E-state index is 12.6.